The fourth-order valence-electron chi connectivity index (χ4n) is 4.19. The molecular weight excluding hydrogens is 514 g/mol. The van der Waals surface area contributed by atoms with Gasteiger partial charge in [-0.15, -0.1) is 0 Å². The Labute approximate surface area is 232 Å². The number of hydrogen-bond acceptors (Lipinski definition) is 6. The van der Waals surface area contributed by atoms with Crippen molar-refractivity contribution in [3.8, 4) is 0 Å². The van der Waals surface area contributed by atoms with Gasteiger partial charge in [0.25, 0.3) is 5.91 Å². The van der Waals surface area contributed by atoms with Crippen LogP contribution in [0.2, 0.25) is 0 Å². The number of hydrogen-bond donors (Lipinski definition) is 4. The summed E-state index contributed by atoms with van der Waals surface area (Å²) in [6, 6.07) is 17.6. The van der Waals surface area contributed by atoms with Gasteiger partial charge in [0.2, 0.25) is 23.5 Å². The van der Waals surface area contributed by atoms with Crippen molar-refractivity contribution in [3.63, 3.8) is 0 Å². The van der Waals surface area contributed by atoms with Crippen LogP contribution in [-0.2, 0) is 36.9 Å². The lowest BCUT2D eigenvalue weighted by Gasteiger charge is -2.33. The SMILES string of the molecule is NC(N)=NCCC[C@H](NC(=O)CN1CC(=O)N(Cc2ccccc2)CC1=O)C(=O)C(=O)NCCc1ccccc1. The van der Waals surface area contributed by atoms with Crippen molar-refractivity contribution in [3.05, 3.63) is 71.8 Å². The Morgan fingerprint density at radius 1 is 0.875 bits per heavy atom. The zero-order valence-corrected chi connectivity index (χ0v) is 22.3. The standard InChI is InChI=1S/C28H35N7O5/c29-28(30)32-14-7-12-22(26(39)27(40)31-15-13-20-8-3-1-4-9-20)33-23(36)17-35-19-24(37)34(18-25(35)38)16-21-10-5-2-6-11-21/h1-6,8-11,22H,7,12-19H2,(H,31,40)(H,33,36)(H4,29,30,32)/t22-/m0/s1. The summed E-state index contributed by atoms with van der Waals surface area (Å²) in [4.78, 5) is 70.1. The normalized spacial score (nSPS) is 13.9. The highest BCUT2D eigenvalue weighted by Crippen LogP contribution is 2.11. The van der Waals surface area contributed by atoms with Crippen LogP contribution in [0, 0.1) is 0 Å². The second kappa shape index (κ2) is 15.0. The molecule has 2 aromatic carbocycles. The van der Waals surface area contributed by atoms with Crippen LogP contribution < -0.4 is 22.1 Å². The molecule has 6 N–H and O–H groups in total. The zero-order chi connectivity index (χ0) is 28.9. The third-order valence-corrected chi connectivity index (χ3v) is 6.27. The van der Waals surface area contributed by atoms with Crippen molar-refractivity contribution in [2.24, 2.45) is 16.5 Å². The molecule has 2 aromatic rings. The van der Waals surface area contributed by atoms with E-state index in [-0.39, 0.29) is 56.9 Å². The van der Waals surface area contributed by atoms with E-state index < -0.39 is 30.2 Å². The highest BCUT2D eigenvalue weighted by molar-refractivity contribution is 6.38. The quantitative estimate of drug-likeness (QED) is 0.104. The summed E-state index contributed by atoms with van der Waals surface area (Å²) in [6.45, 7) is -0.108. The summed E-state index contributed by atoms with van der Waals surface area (Å²) in [6.07, 6.45) is 0.959. The summed E-state index contributed by atoms with van der Waals surface area (Å²) in [5, 5.41) is 5.14. The molecule has 12 heteroatoms. The van der Waals surface area contributed by atoms with E-state index in [0.717, 1.165) is 16.0 Å². The first kappa shape index (κ1) is 29.8. The van der Waals surface area contributed by atoms with Crippen molar-refractivity contribution in [1.29, 1.82) is 0 Å². The van der Waals surface area contributed by atoms with Gasteiger partial charge in [-0.2, -0.15) is 0 Å². The second-order valence-corrected chi connectivity index (χ2v) is 9.41. The molecule has 0 bridgehead atoms. The van der Waals surface area contributed by atoms with Crippen LogP contribution in [0.1, 0.15) is 24.0 Å². The van der Waals surface area contributed by atoms with Crippen molar-refractivity contribution in [1.82, 2.24) is 20.4 Å². The molecule has 12 nitrogen and oxygen atoms in total. The maximum atomic E-state index is 12.9. The van der Waals surface area contributed by atoms with Gasteiger partial charge in [-0.1, -0.05) is 60.7 Å². The summed E-state index contributed by atoms with van der Waals surface area (Å²) in [5.41, 5.74) is 12.6. The Morgan fingerprint density at radius 2 is 1.48 bits per heavy atom. The Bertz CT molecular complexity index is 1220. The predicted octanol–water partition coefficient (Wildman–Crippen LogP) is -0.676. The lowest BCUT2D eigenvalue weighted by molar-refractivity contribution is -0.152. The first-order valence-electron chi connectivity index (χ1n) is 13.0. The van der Waals surface area contributed by atoms with Gasteiger partial charge in [0, 0.05) is 19.6 Å². The predicted molar refractivity (Wildman–Crippen MR) is 148 cm³/mol. The molecule has 0 radical (unpaired) electrons. The number of amides is 4. The van der Waals surface area contributed by atoms with Gasteiger partial charge in [-0.25, -0.2) is 0 Å². The van der Waals surface area contributed by atoms with E-state index in [4.69, 9.17) is 11.5 Å². The molecule has 1 aliphatic heterocycles. The molecule has 0 aliphatic carbocycles. The number of aliphatic imine (C=N–C) groups is 1. The summed E-state index contributed by atoms with van der Waals surface area (Å²) in [5.74, 6) is -3.10. The summed E-state index contributed by atoms with van der Waals surface area (Å²) in [7, 11) is 0. The Kier molecular flexibility index (Phi) is 11.2. The van der Waals surface area contributed by atoms with Crippen LogP contribution in [0.15, 0.2) is 65.7 Å². The van der Waals surface area contributed by atoms with Gasteiger partial charge in [-0.05, 0) is 30.4 Å². The van der Waals surface area contributed by atoms with Gasteiger partial charge in [0.15, 0.2) is 5.96 Å². The zero-order valence-electron chi connectivity index (χ0n) is 22.3. The van der Waals surface area contributed by atoms with Crippen LogP contribution in [0.3, 0.4) is 0 Å². The van der Waals surface area contributed by atoms with Crippen LogP contribution in [0.5, 0.6) is 0 Å². The molecule has 3 rings (SSSR count). The topological polar surface area (TPSA) is 180 Å². The number of benzene rings is 2. The lowest BCUT2D eigenvalue weighted by atomic mass is 10.1. The third-order valence-electron chi connectivity index (χ3n) is 6.27. The fourth-order valence-corrected chi connectivity index (χ4v) is 4.19. The molecule has 1 aliphatic rings. The molecule has 1 saturated heterocycles. The molecular formula is C28H35N7O5. The molecule has 212 valence electrons. The lowest BCUT2D eigenvalue weighted by Crippen LogP contribution is -2.57. The molecule has 1 fully saturated rings. The van der Waals surface area contributed by atoms with Gasteiger partial charge in [0.05, 0.1) is 6.04 Å². The minimum absolute atomic E-state index is 0.102. The number of rotatable bonds is 14. The van der Waals surface area contributed by atoms with E-state index in [0.29, 0.717) is 12.8 Å². The molecule has 1 heterocycles. The molecule has 1 atom stereocenters. The molecule has 0 saturated carbocycles. The molecule has 40 heavy (non-hydrogen) atoms. The average Bonchev–Trinajstić information content (AvgIpc) is 2.93. The van der Waals surface area contributed by atoms with E-state index in [2.05, 4.69) is 15.6 Å². The first-order chi connectivity index (χ1) is 19.2. The van der Waals surface area contributed by atoms with Gasteiger partial charge in [0.1, 0.15) is 19.6 Å². The largest absolute Gasteiger partial charge is 0.370 e. The van der Waals surface area contributed by atoms with Crippen LogP contribution in [0.25, 0.3) is 0 Å². The Hall–Kier alpha value is -4.74. The molecule has 0 unspecified atom stereocenters. The maximum Gasteiger partial charge on any atom is 0.289 e. The van der Waals surface area contributed by atoms with Crippen LogP contribution in [-0.4, -0.2) is 83.9 Å². The number of guanidine groups is 1. The minimum atomic E-state index is -1.15. The smallest absolute Gasteiger partial charge is 0.289 e. The average molecular weight is 550 g/mol. The van der Waals surface area contributed by atoms with E-state index in [1.54, 1.807) is 0 Å². The third kappa shape index (κ3) is 9.53. The maximum absolute atomic E-state index is 12.9. The van der Waals surface area contributed by atoms with E-state index in [1.165, 1.54) is 4.90 Å². The van der Waals surface area contributed by atoms with Gasteiger partial charge in [-0.3, -0.25) is 29.0 Å². The van der Waals surface area contributed by atoms with E-state index in [1.807, 2.05) is 60.7 Å². The number of piperazine rings is 1. The Balaban J connectivity index is 1.55. The number of nitrogens with two attached hydrogens (primary N) is 2. The van der Waals surface area contributed by atoms with Crippen molar-refractivity contribution >= 4 is 35.4 Å². The van der Waals surface area contributed by atoms with Gasteiger partial charge >= 0.3 is 0 Å². The van der Waals surface area contributed by atoms with Gasteiger partial charge < -0.3 is 31.9 Å². The highest BCUT2D eigenvalue weighted by Gasteiger charge is 2.32. The van der Waals surface area contributed by atoms with Crippen molar-refractivity contribution in [2.45, 2.75) is 31.8 Å². The van der Waals surface area contributed by atoms with Crippen LogP contribution in [0.4, 0.5) is 0 Å². The van der Waals surface area contributed by atoms with Crippen molar-refractivity contribution in [2.75, 3.05) is 32.7 Å². The second-order valence-electron chi connectivity index (χ2n) is 9.41. The van der Waals surface area contributed by atoms with Crippen LogP contribution >= 0.6 is 0 Å². The summed E-state index contributed by atoms with van der Waals surface area (Å²) < 4.78 is 0. The van der Waals surface area contributed by atoms with E-state index in [9.17, 15) is 24.0 Å². The molecule has 4 amide bonds. The number of nitrogens with zero attached hydrogens (tertiary/aromatic N) is 3. The van der Waals surface area contributed by atoms with E-state index >= 15 is 0 Å². The number of ketones is 1. The summed E-state index contributed by atoms with van der Waals surface area (Å²) >= 11 is 0. The first-order valence-corrected chi connectivity index (χ1v) is 13.0. The molecule has 0 aromatic heterocycles. The highest BCUT2D eigenvalue weighted by atomic mass is 16.2. The van der Waals surface area contributed by atoms with Crippen molar-refractivity contribution < 1.29 is 24.0 Å². The number of nitrogens with one attached hydrogen (secondary N) is 2. The number of carbonyl (C=O) groups is 5. The Morgan fingerprint density at radius 3 is 2.12 bits per heavy atom. The number of Topliss-reactive ketones (excluding diaryl/α,β-unsaturated/α-hetero) is 1. The monoisotopic (exact) mass is 549 g/mol. The molecule has 0 spiro atoms. The fraction of sp³-hybridized carbons (Fsp3) is 0.357. The number of carbonyl (C=O) groups excluding carboxylic acids is 5. The minimum Gasteiger partial charge on any atom is -0.370 e.